The molecule has 174 valence electrons. The number of benzene rings is 2. The second kappa shape index (κ2) is 10.4. The summed E-state index contributed by atoms with van der Waals surface area (Å²) < 4.78 is 8.05. The second-order valence-corrected chi connectivity index (χ2v) is 7.72. The van der Waals surface area contributed by atoms with E-state index in [9.17, 15) is 19.6 Å². The molecule has 0 spiro atoms. The van der Waals surface area contributed by atoms with Gasteiger partial charge in [0.2, 0.25) is 0 Å². The smallest absolute Gasteiger partial charge is 0.349 e. The quantitative estimate of drug-likeness (QED) is 0.331. The fourth-order valence-corrected chi connectivity index (χ4v) is 3.27. The van der Waals surface area contributed by atoms with E-state index in [1.807, 2.05) is 37.2 Å². The molecule has 0 saturated carbocycles. The lowest BCUT2D eigenvalue weighted by molar-refractivity contribution is -0.142. The molecule has 3 aromatic rings. The highest BCUT2D eigenvalue weighted by atomic mass is 16.5. The summed E-state index contributed by atoms with van der Waals surface area (Å²) >= 11 is 0. The van der Waals surface area contributed by atoms with Crippen LogP contribution in [0.1, 0.15) is 11.3 Å². The van der Waals surface area contributed by atoms with Crippen LogP contribution in [0.15, 0.2) is 65.0 Å². The molecular formula is C25H25N5O4. The predicted octanol–water partition coefficient (Wildman–Crippen LogP) is 2.64. The summed E-state index contributed by atoms with van der Waals surface area (Å²) in [6.07, 6.45) is 1.39. The van der Waals surface area contributed by atoms with Gasteiger partial charge < -0.3 is 15.0 Å². The van der Waals surface area contributed by atoms with E-state index in [2.05, 4.69) is 5.32 Å². The summed E-state index contributed by atoms with van der Waals surface area (Å²) in [4.78, 5) is 39.5. The molecule has 1 heterocycles. The molecule has 0 aliphatic carbocycles. The van der Waals surface area contributed by atoms with Crippen molar-refractivity contribution in [3.05, 3.63) is 81.8 Å². The molecule has 0 unspecified atom stereocenters. The molecule has 1 aromatic heterocycles. The van der Waals surface area contributed by atoms with E-state index in [1.165, 1.54) is 10.8 Å². The van der Waals surface area contributed by atoms with E-state index in [0.717, 1.165) is 5.69 Å². The Labute approximate surface area is 197 Å². The Morgan fingerprint density at radius 1 is 1.12 bits per heavy atom. The zero-order chi connectivity index (χ0) is 24.8. The summed E-state index contributed by atoms with van der Waals surface area (Å²) in [6.45, 7) is 1.05. The largest absolute Gasteiger partial charge is 0.451 e. The van der Waals surface area contributed by atoms with Crippen molar-refractivity contribution in [3.63, 3.8) is 0 Å². The van der Waals surface area contributed by atoms with Gasteiger partial charge in [-0.3, -0.25) is 14.3 Å². The van der Waals surface area contributed by atoms with E-state index < -0.39 is 24.0 Å². The average Bonchev–Trinajstić information content (AvgIpc) is 3.04. The van der Waals surface area contributed by atoms with Crippen molar-refractivity contribution in [1.82, 2.24) is 9.36 Å². The molecule has 0 atom stereocenters. The van der Waals surface area contributed by atoms with Crippen LogP contribution in [0.2, 0.25) is 0 Å². The molecule has 34 heavy (non-hydrogen) atoms. The number of esters is 1. The highest BCUT2D eigenvalue weighted by Crippen LogP contribution is 2.16. The number of para-hydroxylation sites is 1. The zero-order valence-electron chi connectivity index (χ0n) is 19.4. The first kappa shape index (κ1) is 24.1. The number of amides is 1. The number of aromatic nitrogens is 2. The SMILES string of the molecule is Cc1c(NC(=O)COC(=O)/C(C#N)=C/c2ccc(N(C)C)cc2)c(=O)n(-c2ccccc2)n1C. The maximum Gasteiger partial charge on any atom is 0.349 e. The topological polar surface area (TPSA) is 109 Å². The number of nitrogens with one attached hydrogen (secondary N) is 1. The summed E-state index contributed by atoms with van der Waals surface area (Å²) in [5.74, 6) is -1.62. The van der Waals surface area contributed by atoms with Crippen molar-refractivity contribution in [2.45, 2.75) is 6.92 Å². The first-order chi connectivity index (χ1) is 16.2. The van der Waals surface area contributed by atoms with Crippen molar-refractivity contribution >= 4 is 29.3 Å². The summed E-state index contributed by atoms with van der Waals surface area (Å²) in [7, 11) is 5.51. The Morgan fingerprint density at radius 2 is 1.76 bits per heavy atom. The molecule has 1 N–H and O–H groups in total. The molecule has 1 amide bonds. The number of nitriles is 1. The monoisotopic (exact) mass is 459 g/mol. The summed E-state index contributed by atoms with van der Waals surface area (Å²) in [5.41, 5.74) is 2.23. The number of ether oxygens (including phenoxy) is 1. The molecule has 9 heteroatoms. The molecule has 0 bridgehead atoms. The number of hydrogen-bond acceptors (Lipinski definition) is 6. The molecule has 9 nitrogen and oxygen atoms in total. The van der Waals surface area contributed by atoms with Crippen molar-refractivity contribution in [1.29, 1.82) is 5.26 Å². The minimum atomic E-state index is -0.930. The van der Waals surface area contributed by atoms with Crippen LogP contribution in [0.4, 0.5) is 11.4 Å². The Hall–Kier alpha value is -4.58. The van der Waals surface area contributed by atoms with E-state index in [4.69, 9.17) is 4.74 Å². The normalized spacial score (nSPS) is 11.0. The fourth-order valence-electron chi connectivity index (χ4n) is 3.27. The van der Waals surface area contributed by atoms with Gasteiger partial charge >= 0.3 is 5.97 Å². The highest BCUT2D eigenvalue weighted by Gasteiger charge is 2.19. The second-order valence-electron chi connectivity index (χ2n) is 7.72. The first-order valence-corrected chi connectivity index (χ1v) is 10.4. The highest BCUT2D eigenvalue weighted by molar-refractivity contribution is 6.00. The van der Waals surface area contributed by atoms with Crippen molar-refractivity contribution in [2.24, 2.45) is 7.05 Å². The van der Waals surface area contributed by atoms with Gasteiger partial charge in [0.15, 0.2) is 6.61 Å². The van der Waals surface area contributed by atoms with Crippen LogP contribution in [0.25, 0.3) is 11.8 Å². The van der Waals surface area contributed by atoms with Crippen LogP contribution in [0, 0.1) is 18.3 Å². The van der Waals surface area contributed by atoms with Crippen molar-refractivity contribution in [2.75, 3.05) is 30.9 Å². The minimum Gasteiger partial charge on any atom is -0.451 e. The van der Waals surface area contributed by atoms with E-state index in [1.54, 1.807) is 61.1 Å². The van der Waals surface area contributed by atoms with E-state index in [0.29, 0.717) is 16.9 Å². The summed E-state index contributed by atoms with van der Waals surface area (Å²) in [6, 6.07) is 18.0. The van der Waals surface area contributed by atoms with Gasteiger partial charge in [-0.25, -0.2) is 9.48 Å². The van der Waals surface area contributed by atoms with Crippen LogP contribution in [0.5, 0.6) is 0 Å². The lowest BCUT2D eigenvalue weighted by atomic mass is 10.1. The maximum absolute atomic E-state index is 12.9. The van der Waals surface area contributed by atoms with Gasteiger partial charge in [-0.1, -0.05) is 30.3 Å². The van der Waals surface area contributed by atoms with Crippen LogP contribution in [0.3, 0.4) is 0 Å². The molecule has 0 radical (unpaired) electrons. The van der Waals surface area contributed by atoms with Gasteiger partial charge in [0.05, 0.1) is 11.4 Å². The van der Waals surface area contributed by atoms with Gasteiger partial charge in [0.25, 0.3) is 11.5 Å². The number of carbonyl (C=O) groups excluding carboxylic acids is 2. The van der Waals surface area contributed by atoms with Gasteiger partial charge in [-0.2, -0.15) is 5.26 Å². The molecule has 3 rings (SSSR count). The maximum atomic E-state index is 12.9. The standard InChI is InChI=1S/C25H25N5O4/c1-17-23(24(32)30(29(17)4)21-8-6-5-7-9-21)27-22(31)16-34-25(33)19(15-26)14-18-10-12-20(13-11-18)28(2)3/h5-14H,16H2,1-4H3,(H,27,31)/b19-14+. The molecular weight excluding hydrogens is 434 g/mol. The van der Waals surface area contributed by atoms with Gasteiger partial charge in [-0.15, -0.1) is 0 Å². The van der Waals surface area contributed by atoms with Gasteiger partial charge in [-0.05, 0) is 42.8 Å². The Morgan fingerprint density at radius 3 is 2.35 bits per heavy atom. The number of anilines is 2. The average molecular weight is 460 g/mol. The first-order valence-electron chi connectivity index (χ1n) is 10.4. The molecule has 0 aliphatic heterocycles. The fraction of sp³-hybridized carbons (Fsp3) is 0.200. The predicted molar refractivity (Wildman–Crippen MR) is 130 cm³/mol. The van der Waals surface area contributed by atoms with E-state index in [-0.39, 0.29) is 11.3 Å². The third-order valence-electron chi connectivity index (χ3n) is 5.21. The van der Waals surface area contributed by atoms with E-state index >= 15 is 0 Å². The number of hydrogen-bond donors (Lipinski definition) is 1. The number of rotatable bonds is 7. The lowest BCUT2D eigenvalue weighted by Crippen LogP contribution is -2.26. The Balaban J connectivity index is 1.68. The van der Waals surface area contributed by atoms with Crippen molar-refractivity contribution in [3.8, 4) is 11.8 Å². The number of nitrogens with zero attached hydrogens (tertiary/aromatic N) is 4. The third-order valence-corrected chi connectivity index (χ3v) is 5.21. The van der Waals surface area contributed by atoms with Crippen molar-refractivity contribution < 1.29 is 14.3 Å². The zero-order valence-corrected chi connectivity index (χ0v) is 19.4. The van der Waals surface area contributed by atoms with Gasteiger partial charge in [0.1, 0.15) is 17.3 Å². The summed E-state index contributed by atoms with van der Waals surface area (Å²) in [5, 5.41) is 11.9. The third kappa shape index (κ3) is 5.24. The molecule has 0 saturated heterocycles. The Bertz CT molecular complexity index is 1330. The Kier molecular flexibility index (Phi) is 7.33. The van der Waals surface area contributed by atoms with Crippen LogP contribution in [-0.4, -0.2) is 41.9 Å². The molecule has 0 aliphatic rings. The molecule has 2 aromatic carbocycles. The van der Waals surface area contributed by atoms with Crippen LogP contribution in [-0.2, 0) is 21.4 Å². The lowest BCUT2D eigenvalue weighted by Gasteiger charge is -2.11. The van der Waals surface area contributed by atoms with Gasteiger partial charge in [0, 0.05) is 26.8 Å². The minimum absolute atomic E-state index is 0.0874. The molecule has 0 fully saturated rings. The van der Waals surface area contributed by atoms with Crippen LogP contribution < -0.4 is 15.8 Å². The van der Waals surface area contributed by atoms with Crippen LogP contribution >= 0.6 is 0 Å². The number of carbonyl (C=O) groups is 2.